The van der Waals surface area contributed by atoms with E-state index in [9.17, 15) is 0 Å². The molecular formula is C15H28N4O. The number of ether oxygens (including phenoxy) is 1. The summed E-state index contributed by atoms with van der Waals surface area (Å²) in [6, 6.07) is 0.292. The molecule has 1 N–H and O–H groups in total. The zero-order valence-corrected chi connectivity index (χ0v) is 13.1. The second kappa shape index (κ2) is 7.18. The molecule has 0 aliphatic heterocycles. The highest BCUT2D eigenvalue weighted by Crippen LogP contribution is 2.34. The van der Waals surface area contributed by atoms with Crippen molar-refractivity contribution in [1.82, 2.24) is 20.1 Å². The highest BCUT2D eigenvalue weighted by Gasteiger charge is 2.39. The van der Waals surface area contributed by atoms with Gasteiger partial charge >= 0.3 is 0 Å². The van der Waals surface area contributed by atoms with Crippen molar-refractivity contribution in [2.24, 2.45) is 0 Å². The Morgan fingerprint density at radius 3 is 2.60 bits per heavy atom. The first kappa shape index (κ1) is 15.4. The molecule has 0 spiro atoms. The van der Waals surface area contributed by atoms with Gasteiger partial charge in [0.15, 0.2) is 0 Å². The van der Waals surface area contributed by atoms with Crippen molar-refractivity contribution < 1.29 is 4.74 Å². The van der Waals surface area contributed by atoms with Crippen LogP contribution in [0.2, 0.25) is 0 Å². The minimum absolute atomic E-state index is 0.0598. The molecule has 0 radical (unpaired) electrons. The molecule has 114 valence electrons. The van der Waals surface area contributed by atoms with Gasteiger partial charge in [-0.3, -0.25) is 4.68 Å². The van der Waals surface area contributed by atoms with Crippen LogP contribution in [0.3, 0.4) is 0 Å². The summed E-state index contributed by atoms with van der Waals surface area (Å²) in [6.07, 6.45) is 9.96. The summed E-state index contributed by atoms with van der Waals surface area (Å²) in [5.41, 5.74) is -0.0598. The molecule has 1 atom stereocenters. The number of likely N-dealkylation sites (N-methyl/N-ethyl adjacent to an activating group) is 1. The van der Waals surface area contributed by atoms with Crippen molar-refractivity contribution in [1.29, 1.82) is 0 Å². The van der Waals surface area contributed by atoms with Crippen LogP contribution in [-0.2, 0) is 17.7 Å². The fourth-order valence-corrected chi connectivity index (χ4v) is 3.47. The Balaban J connectivity index is 2.16. The second-order valence-corrected chi connectivity index (χ2v) is 5.72. The topological polar surface area (TPSA) is 52.0 Å². The normalized spacial score (nSPS) is 20.6. The van der Waals surface area contributed by atoms with E-state index >= 15 is 0 Å². The van der Waals surface area contributed by atoms with Gasteiger partial charge in [0, 0.05) is 26.1 Å². The first-order chi connectivity index (χ1) is 9.75. The van der Waals surface area contributed by atoms with Crippen molar-refractivity contribution in [2.45, 2.75) is 70.1 Å². The summed E-state index contributed by atoms with van der Waals surface area (Å²) >= 11 is 0. The quantitative estimate of drug-likeness (QED) is 0.811. The number of nitrogens with one attached hydrogen (secondary N) is 1. The Hall–Kier alpha value is -0.940. The number of aromatic nitrogens is 3. The van der Waals surface area contributed by atoms with Crippen LogP contribution >= 0.6 is 0 Å². The number of hydrogen-bond donors (Lipinski definition) is 1. The molecule has 1 fully saturated rings. The lowest BCUT2D eigenvalue weighted by atomic mass is 9.84. The molecule has 1 aromatic heterocycles. The number of rotatable bonds is 6. The third kappa shape index (κ3) is 3.20. The van der Waals surface area contributed by atoms with Gasteiger partial charge in [-0.05, 0) is 26.8 Å². The fraction of sp³-hybridized carbons (Fsp3) is 0.867. The molecule has 2 rings (SSSR count). The molecule has 0 amide bonds. The molecule has 0 aromatic carbocycles. The summed E-state index contributed by atoms with van der Waals surface area (Å²) in [6.45, 7) is 2.97. The van der Waals surface area contributed by atoms with Gasteiger partial charge in [0.25, 0.3) is 0 Å². The van der Waals surface area contributed by atoms with Crippen LogP contribution in [0.15, 0.2) is 6.33 Å². The summed E-state index contributed by atoms with van der Waals surface area (Å²) in [4.78, 5) is 4.41. The smallest absolute Gasteiger partial charge is 0.138 e. The van der Waals surface area contributed by atoms with E-state index in [2.05, 4.69) is 22.3 Å². The van der Waals surface area contributed by atoms with Crippen molar-refractivity contribution >= 4 is 0 Å². The monoisotopic (exact) mass is 280 g/mol. The lowest BCUT2D eigenvalue weighted by Crippen LogP contribution is -2.52. The van der Waals surface area contributed by atoms with Crippen LogP contribution in [0.4, 0.5) is 0 Å². The van der Waals surface area contributed by atoms with E-state index in [-0.39, 0.29) is 5.60 Å². The minimum Gasteiger partial charge on any atom is -0.377 e. The van der Waals surface area contributed by atoms with Gasteiger partial charge in [0.2, 0.25) is 0 Å². The van der Waals surface area contributed by atoms with Crippen molar-refractivity contribution in [3.8, 4) is 0 Å². The maximum absolute atomic E-state index is 6.01. The standard InChI is InChI=1S/C15H28N4O/c1-4-19-14(17-12-18-19)11-13(16-2)15(20-3)9-7-5-6-8-10-15/h12-13,16H,4-11H2,1-3H3. The van der Waals surface area contributed by atoms with Gasteiger partial charge in [0.1, 0.15) is 12.2 Å². The predicted octanol–water partition coefficient (Wildman–Crippen LogP) is 2.17. The lowest BCUT2D eigenvalue weighted by molar-refractivity contribution is -0.0515. The van der Waals surface area contributed by atoms with Crippen molar-refractivity contribution in [3.05, 3.63) is 12.2 Å². The van der Waals surface area contributed by atoms with E-state index < -0.39 is 0 Å². The average Bonchev–Trinajstić information content (AvgIpc) is 2.79. The van der Waals surface area contributed by atoms with Crippen LogP contribution in [0.5, 0.6) is 0 Å². The maximum Gasteiger partial charge on any atom is 0.138 e. The molecule has 1 aliphatic rings. The zero-order chi connectivity index (χ0) is 14.4. The SMILES string of the molecule is CCn1ncnc1CC(NC)C1(OC)CCCCCC1. The molecular weight excluding hydrogens is 252 g/mol. The molecule has 5 nitrogen and oxygen atoms in total. The van der Waals surface area contributed by atoms with E-state index in [1.54, 1.807) is 6.33 Å². The number of methoxy groups -OCH3 is 1. The Morgan fingerprint density at radius 2 is 2.05 bits per heavy atom. The first-order valence-corrected chi connectivity index (χ1v) is 7.85. The molecule has 0 saturated heterocycles. The molecule has 1 unspecified atom stereocenters. The molecule has 20 heavy (non-hydrogen) atoms. The highest BCUT2D eigenvalue weighted by molar-refractivity contribution is 5.00. The van der Waals surface area contributed by atoms with Gasteiger partial charge in [-0.2, -0.15) is 5.10 Å². The largest absolute Gasteiger partial charge is 0.377 e. The highest BCUT2D eigenvalue weighted by atomic mass is 16.5. The van der Waals surface area contributed by atoms with Crippen LogP contribution in [-0.4, -0.2) is 40.6 Å². The van der Waals surface area contributed by atoms with Gasteiger partial charge in [-0.25, -0.2) is 4.98 Å². The second-order valence-electron chi connectivity index (χ2n) is 5.72. The van der Waals surface area contributed by atoms with Crippen molar-refractivity contribution in [3.63, 3.8) is 0 Å². The van der Waals surface area contributed by atoms with E-state index in [4.69, 9.17) is 4.74 Å². The first-order valence-electron chi connectivity index (χ1n) is 7.85. The zero-order valence-electron chi connectivity index (χ0n) is 13.1. The van der Waals surface area contributed by atoms with E-state index in [1.165, 1.54) is 25.7 Å². The lowest BCUT2D eigenvalue weighted by Gasteiger charge is -2.39. The summed E-state index contributed by atoms with van der Waals surface area (Å²) in [7, 11) is 3.89. The summed E-state index contributed by atoms with van der Waals surface area (Å²) in [5.74, 6) is 1.05. The summed E-state index contributed by atoms with van der Waals surface area (Å²) in [5, 5.41) is 7.75. The Bertz CT molecular complexity index is 396. The minimum atomic E-state index is -0.0598. The van der Waals surface area contributed by atoms with Crippen LogP contribution in [0.25, 0.3) is 0 Å². The predicted molar refractivity (Wildman–Crippen MR) is 79.7 cm³/mol. The van der Waals surface area contributed by atoms with Gasteiger partial charge in [0.05, 0.1) is 5.60 Å². The summed E-state index contributed by atoms with van der Waals surface area (Å²) < 4.78 is 7.99. The van der Waals surface area contributed by atoms with E-state index in [0.717, 1.165) is 31.6 Å². The molecule has 0 bridgehead atoms. The van der Waals surface area contributed by atoms with Gasteiger partial charge in [-0.1, -0.05) is 25.7 Å². The van der Waals surface area contributed by atoms with Crippen molar-refractivity contribution in [2.75, 3.05) is 14.2 Å². The number of aryl methyl sites for hydroxylation is 1. The maximum atomic E-state index is 6.01. The molecule has 5 heteroatoms. The van der Waals surface area contributed by atoms with Crippen LogP contribution < -0.4 is 5.32 Å². The third-order valence-corrected chi connectivity index (χ3v) is 4.72. The fourth-order valence-electron chi connectivity index (χ4n) is 3.47. The average molecular weight is 280 g/mol. The third-order valence-electron chi connectivity index (χ3n) is 4.72. The Morgan fingerprint density at radius 1 is 1.35 bits per heavy atom. The molecule has 1 aliphatic carbocycles. The number of hydrogen-bond acceptors (Lipinski definition) is 4. The Labute approximate surface area is 122 Å². The van der Waals surface area contributed by atoms with E-state index in [1.807, 2.05) is 18.8 Å². The van der Waals surface area contributed by atoms with Gasteiger partial charge < -0.3 is 10.1 Å². The number of nitrogens with zero attached hydrogens (tertiary/aromatic N) is 3. The van der Waals surface area contributed by atoms with Crippen LogP contribution in [0, 0.1) is 0 Å². The molecule has 1 heterocycles. The molecule has 1 saturated carbocycles. The van der Waals surface area contributed by atoms with Gasteiger partial charge in [-0.15, -0.1) is 0 Å². The van der Waals surface area contributed by atoms with E-state index in [0.29, 0.717) is 6.04 Å². The Kier molecular flexibility index (Phi) is 5.54. The van der Waals surface area contributed by atoms with Crippen LogP contribution in [0.1, 0.15) is 51.3 Å². The molecule has 1 aromatic rings.